The van der Waals surface area contributed by atoms with E-state index in [1.165, 1.54) is 64.8 Å². The van der Waals surface area contributed by atoms with E-state index in [2.05, 4.69) is 29.1 Å². The van der Waals surface area contributed by atoms with Crippen LogP contribution in [0.3, 0.4) is 0 Å². The maximum absolute atomic E-state index is 3.64. The Bertz CT molecular complexity index is 214. The zero-order valence-electron chi connectivity index (χ0n) is 11.6. The van der Waals surface area contributed by atoms with Crippen LogP contribution < -0.4 is 5.32 Å². The van der Waals surface area contributed by atoms with Gasteiger partial charge in [-0.3, -0.25) is 4.90 Å². The summed E-state index contributed by atoms with van der Waals surface area (Å²) >= 11 is 0. The summed E-state index contributed by atoms with van der Waals surface area (Å²) in [6.45, 7) is 8.64. The van der Waals surface area contributed by atoms with Gasteiger partial charge in [-0.25, -0.2) is 0 Å². The van der Waals surface area contributed by atoms with Gasteiger partial charge in [-0.15, -0.1) is 0 Å². The number of nitrogens with zero attached hydrogens (tertiary/aromatic N) is 2. The summed E-state index contributed by atoms with van der Waals surface area (Å²) in [6.07, 6.45) is 6.81. The van der Waals surface area contributed by atoms with E-state index in [-0.39, 0.29) is 0 Å². The van der Waals surface area contributed by atoms with Crippen LogP contribution in [0.2, 0.25) is 0 Å². The van der Waals surface area contributed by atoms with Crippen molar-refractivity contribution in [2.45, 2.75) is 51.1 Å². The molecule has 2 atom stereocenters. The number of likely N-dealkylation sites (tertiary alicyclic amines) is 1. The Hall–Kier alpha value is -0.120. The summed E-state index contributed by atoms with van der Waals surface area (Å²) in [4.78, 5) is 5.25. The van der Waals surface area contributed by atoms with Crippen molar-refractivity contribution in [3.63, 3.8) is 0 Å². The number of likely N-dealkylation sites (N-methyl/N-ethyl adjacent to an activating group) is 1. The fourth-order valence-electron chi connectivity index (χ4n) is 3.34. The number of hydrogen-bond acceptors (Lipinski definition) is 3. The molecule has 0 amide bonds. The summed E-state index contributed by atoms with van der Waals surface area (Å²) in [5.74, 6) is 0. The van der Waals surface area contributed by atoms with Gasteiger partial charge in [0.15, 0.2) is 0 Å². The van der Waals surface area contributed by atoms with Crippen LogP contribution in [0, 0.1) is 0 Å². The van der Waals surface area contributed by atoms with Crippen LogP contribution in [-0.2, 0) is 0 Å². The highest BCUT2D eigenvalue weighted by Crippen LogP contribution is 2.17. The summed E-state index contributed by atoms with van der Waals surface area (Å²) < 4.78 is 0. The Morgan fingerprint density at radius 1 is 1.29 bits per heavy atom. The van der Waals surface area contributed by atoms with Crippen LogP contribution in [0.15, 0.2) is 0 Å². The summed E-state index contributed by atoms with van der Waals surface area (Å²) in [5, 5.41) is 3.64. The maximum atomic E-state index is 3.64. The smallest absolute Gasteiger partial charge is 0.0224 e. The van der Waals surface area contributed by atoms with Crippen molar-refractivity contribution >= 4 is 0 Å². The van der Waals surface area contributed by atoms with Crippen molar-refractivity contribution in [1.29, 1.82) is 0 Å². The lowest BCUT2D eigenvalue weighted by Crippen LogP contribution is -2.50. The molecule has 0 bridgehead atoms. The summed E-state index contributed by atoms with van der Waals surface area (Å²) in [5.41, 5.74) is 0. The van der Waals surface area contributed by atoms with Gasteiger partial charge in [0.25, 0.3) is 0 Å². The van der Waals surface area contributed by atoms with Gasteiger partial charge in [-0.1, -0.05) is 6.92 Å². The van der Waals surface area contributed by atoms with E-state index in [9.17, 15) is 0 Å². The van der Waals surface area contributed by atoms with Crippen molar-refractivity contribution < 1.29 is 0 Å². The Morgan fingerprint density at radius 3 is 2.82 bits per heavy atom. The first-order valence-electron chi connectivity index (χ1n) is 7.45. The van der Waals surface area contributed by atoms with E-state index in [0.29, 0.717) is 0 Å². The minimum absolute atomic E-state index is 0.758. The molecule has 17 heavy (non-hydrogen) atoms. The minimum Gasteiger partial charge on any atom is -0.313 e. The lowest BCUT2D eigenvalue weighted by atomic mass is 10.0. The van der Waals surface area contributed by atoms with Crippen LogP contribution in [-0.4, -0.2) is 61.7 Å². The first-order chi connectivity index (χ1) is 8.29. The highest BCUT2D eigenvalue weighted by molar-refractivity contribution is 4.84. The quantitative estimate of drug-likeness (QED) is 0.785. The molecule has 0 aromatic rings. The van der Waals surface area contributed by atoms with Crippen molar-refractivity contribution in [2.24, 2.45) is 0 Å². The Balaban J connectivity index is 1.85. The molecule has 0 spiro atoms. The van der Waals surface area contributed by atoms with Gasteiger partial charge >= 0.3 is 0 Å². The van der Waals surface area contributed by atoms with Crippen LogP contribution in [0.1, 0.15) is 39.0 Å². The maximum Gasteiger partial charge on any atom is 0.0224 e. The number of piperidine rings is 1. The average molecular weight is 239 g/mol. The standard InChI is InChI=1S/C14H29N3/c1-3-9-17(11-13-6-4-8-15-13)14-7-5-10-16(2)12-14/h13-15H,3-12H2,1-2H3. The topological polar surface area (TPSA) is 18.5 Å². The average Bonchev–Trinajstić information content (AvgIpc) is 2.81. The molecule has 2 unspecified atom stereocenters. The lowest BCUT2D eigenvalue weighted by Gasteiger charge is -2.39. The predicted molar refractivity (Wildman–Crippen MR) is 73.4 cm³/mol. The first-order valence-corrected chi connectivity index (χ1v) is 7.45. The molecule has 2 aliphatic heterocycles. The van der Waals surface area contributed by atoms with Crippen LogP contribution in [0.5, 0.6) is 0 Å². The van der Waals surface area contributed by atoms with Crippen LogP contribution in [0.4, 0.5) is 0 Å². The van der Waals surface area contributed by atoms with E-state index < -0.39 is 0 Å². The molecule has 0 radical (unpaired) electrons. The van der Waals surface area contributed by atoms with Crippen LogP contribution in [0.25, 0.3) is 0 Å². The predicted octanol–water partition coefficient (Wildman–Crippen LogP) is 1.54. The third kappa shape index (κ3) is 3.94. The van der Waals surface area contributed by atoms with Crippen molar-refractivity contribution in [1.82, 2.24) is 15.1 Å². The lowest BCUT2D eigenvalue weighted by molar-refractivity contribution is 0.104. The second-order valence-electron chi connectivity index (χ2n) is 5.85. The van der Waals surface area contributed by atoms with Gasteiger partial charge in [-0.2, -0.15) is 0 Å². The summed E-state index contributed by atoms with van der Waals surface area (Å²) in [6, 6.07) is 1.56. The van der Waals surface area contributed by atoms with Gasteiger partial charge in [0.05, 0.1) is 0 Å². The molecule has 2 rings (SSSR count). The molecule has 3 nitrogen and oxygen atoms in total. The Labute approximate surface area is 107 Å². The molecule has 100 valence electrons. The molecular weight excluding hydrogens is 210 g/mol. The van der Waals surface area contributed by atoms with E-state index in [4.69, 9.17) is 0 Å². The molecule has 0 saturated carbocycles. The monoisotopic (exact) mass is 239 g/mol. The first kappa shape index (κ1) is 13.3. The van der Waals surface area contributed by atoms with Gasteiger partial charge < -0.3 is 10.2 Å². The fourth-order valence-corrected chi connectivity index (χ4v) is 3.34. The SMILES string of the molecule is CCCN(CC1CCCN1)C1CCCN(C)C1. The molecule has 2 aliphatic rings. The second kappa shape index (κ2) is 6.72. The third-order valence-electron chi connectivity index (χ3n) is 4.24. The Morgan fingerprint density at radius 2 is 2.18 bits per heavy atom. The summed E-state index contributed by atoms with van der Waals surface area (Å²) in [7, 11) is 2.27. The van der Waals surface area contributed by atoms with Crippen molar-refractivity contribution in [2.75, 3.05) is 39.8 Å². The van der Waals surface area contributed by atoms with E-state index in [0.717, 1.165) is 12.1 Å². The zero-order valence-corrected chi connectivity index (χ0v) is 11.6. The zero-order chi connectivity index (χ0) is 12.1. The van der Waals surface area contributed by atoms with Gasteiger partial charge in [0.1, 0.15) is 0 Å². The van der Waals surface area contributed by atoms with Gasteiger partial charge in [-0.05, 0) is 58.8 Å². The molecule has 2 fully saturated rings. The third-order valence-corrected chi connectivity index (χ3v) is 4.24. The molecule has 2 saturated heterocycles. The van der Waals surface area contributed by atoms with Gasteiger partial charge in [0.2, 0.25) is 0 Å². The molecule has 0 aromatic heterocycles. The molecular formula is C14H29N3. The van der Waals surface area contributed by atoms with E-state index in [1.54, 1.807) is 0 Å². The van der Waals surface area contributed by atoms with E-state index >= 15 is 0 Å². The highest BCUT2D eigenvalue weighted by Gasteiger charge is 2.26. The number of nitrogens with one attached hydrogen (secondary N) is 1. The number of hydrogen-bond donors (Lipinski definition) is 1. The molecule has 3 heteroatoms. The fraction of sp³-hybridized carbons (Fsp3) is 1.00. The normalized spacial score (nSPS) is 31.2. The molecule has 1 N–H and O–H groups in total. The highest BCUT2D eigenvalue weighted by atomic mass is 15.2. The molecule has 2 heterocycles. The second-order valence-corrected chi connectivity index (χ2v) is 5.85. The van der Waals surface area contributed by atoms with E-state index in [1.807, 2.05) is 0 Å². The Kier molecular flexibility index (Phi) is 5.26. The van der Waals surface area contributed by atoms with Crippen LogP contribution >= 0.6 is 0 Å². The molecule has 0 aliphatic carbocycles. The largest absolute Gasteiger partial charge is 0.313 e. The molecule has 0 aromatic carbocycles. The number of rotatable bonds is 5. The van der Waals surface area contributed by atoms with Crippen molar-refractivity contribution in [3.8, 4) is 0 Å². The van der Waals surface area contributed by atoms with Crippen molar-refractivity contribution in [3.05, 3.63) is 0 Å². The van der Waals surface area contributed by atoms with Gasteiger partial charge in [0, 0.05) is 25.2 Å². The minimum atomic E-state index is 0.758.